The van der Waals surface area contributed by atoms with Crippen molar-refractivity contribution < 1.29 is 27.4 Å². The van der Waals surface area contributed by atoms with Gasteiger partial charge in [-0.25, -0.2) is 4.98 Å². The SMILES string of the molecule is COc1cc2nc(N(CCCN(C)C)C(=O)c3cccc(C(F)(F)F)c3)sc2cc1OC.Cl. The quantitative estimate of drug-likeness (QED) is 0.414. The smallest absolute Gasteiger partial charge is 0.416 e. The van der Waals surface area contributed by atoms with Crippen LogP contribution in [0.2, 0.25) is 0 Å². The molecule has 0 aliphatic carbocycles. The number of fused-ring (bicyclic) bond motifs is 1. The van der Waals surface area contributed by atoms with Crippen LogP contribution in [-0.2, 0) is 6.18 Å². The Morgan fingerprint density at radius 2 is 1.73 bits per heavy atom. The second-order valence-corrected chi connectivity index (χ2v) is 8.37. The van der Waals surface area contributed by atoms with E-state index >= 15 is 0 Å². The predicted octanol–water partition coefficient (Wildman–Crippen LogP) is 5.35. The number of carbonyl (C=O) groups excluding carboxylic acids is 1. The molecule has 0 N–H and O–H groups in total. The van der Waals surface area contributed by atoms with Crippen molar-refractivity contribution in [1.82, 2.24) is 9.88 Å². The minimum atomic E-state index is -4.53. The van der Waals surface area contributed by atoms with Crippen LogP contribution < -0.4 is 14.4 Å². The van der Waals surface area contributed by atoms with Gasteiger partial charge < -0.3 is 14.4 Å². The Labute approximate surface area is 200 Å². The first-order valence-electron chi connectivity index (χ1n) is 9.80. The zero-order valence-electron chi connectivity index (χ0n) is 18.6. The van der Waals surface area contributed by atoms with Crippen LogP contribution in [0.1, 0.15) is 22.3 Å². The maximum atomic E-state index is 13.3. The number of thiazole rings is 1. The third-order valence-electron chi connectivity index (χ3n) is 4.78. The first kappa shape index (κ1) is 26.7. The van der Waals surface area contributed by atoms with Gasteiger partial charge in [0.1, 0.15) is 0 Å². The van der Waals surface area contributed by atoms with Crippen molar-refractivity contribution in [1.29, 1.82) is 0 Å². The molecule has 0 spiro atoms. The largest absolute Gasteiger partial charge is 0.493 e. The maximum absolute atomic E-state index is 13.3. The van der Waals surface area contributed by atoms with Crippen molar-refractivity contribution in [3.05, 3.63) is 47.5 Å². The number of alkyl halides is 3. The van der Waals surface area contributed by atoms with Gasteiger partial charge in [-0.1, -0.05) is 17.4 Å². The van der Waals surface area contributed by atoms with Crippen LogP contribution in [0, 0.1) is 0 Å². The van der Waals surface area contributed by atoms with Gasteiger partial charge in [-0.15, -0.1) is 12.4 Å². The first-order chi connectivity index (χ1) is 15.1. The lowest BCUT2D eigenvalue weighted by Crippen LogP contribution is -2.33. The van der Waals surface area contributed by atoms with Gasteiger partial charge in [-0.05, 0) is 45.3 Å². The molecule has 3 rings (SSSR count). The molecule has 11 heteroatoms. The van der Waals surface area contributed by atoms with E-state index < -0.39 is 17.6 Å². The monoisotopic (exact) mass is 503 g/mol. The number of benzene rings is 2. The third-order valence-corrected chi connectivity index (χ3v) is 5.82. The summed E-state index contributed by atoms with van der Waals surface area (Å²) in [6.07, 6.45) is -3.91. The number of aromatic nitrogens is 1. The van der Waals surface area contributed by atoms with Crippen LogP contribution in [0.5, 0.6) is 11.5 Å². The molecule has 1 heterocycles. The Balaban J connectivity index is 0.00000385. The summed E-state index contributed by atoms with van der Waals surface area (Å²) < 4.78 is 50.9. The van der Waals surface area contributed by atoms with Gasteiger partial charge in [0.25, 0.3) is 5.91 Å². The average Bonchev–Trinajstić information content (AvgIpc) is 3.17. The lowest BCUT2D eigenvalue weighted by Gasteiger charge is -2.21. The summed E-state index contributed by atoms with van der Waals surface area (Å²) in [5, 5.41) is 0.400. The number of rotatable bonds is 8. The van der Waals surface area contributed by atoms with E-state index in [4.69, 9.17) is 9.47 Å². The van der Waals surface area contributed by atoms with Gasteiger partial charge in [0.05, 0.1) is 30.0 Å². The maximum Gasteiger partial charge on any atom is 0.416 e. The van der Waals surface area contributed by atoms with E-state index in [1.54, 1.807) is 12.1 Å². The molecule has 0 radical (unpaired) electrons. The number of halogens is 4. The topological polar surface area (TPSA) is 54.9 Å². The number of amides is 1. The fourth-order valence-corrected chi connectivity index (χ4v) is 4.17. The normalized spacial score (nSPS) is 11.4. The van der Waals surface area contributed by atoms with Crippen molar-refractivity contribution in [2.75, 3.05) is 46.3 Å². The summed E-state index contributed by atoms with van der Waals surface area (Å²) in [7, 11) is 6.86. The lowest BCUT2D eigenvalue weighted by molar-refractivity contribution is -0.137. The lowest BCUT2D eigenvalue weighted by atomic mass is 10.1. The van der Waals surface area contributed by atoms with Crippen molar-refractivity contribution in [3.8, 4) is 11.5 Å². The molecule has 180 valence electrons. The van der Waals surface area contributed by atoms with E-state index in [9.17, 15) is 18.0 Å². The van der Waals surface area contributed by atoms with Gasteiger partial charge in [0.2, 0.25) is 0 Å². The summed E-state index contributed by atoms with van der Waals surface area (Å²) >= 11 is 1.27. The second-order valence-electron chi connectivity index (χ2n) is 7.36. The van der Waals surface area contributed by atoms with E-state index in [-0.39, 0.29) is 18.0 Å². The number of methoxy groups -OCH3 is 2. The van der Waals surface area contributed by atoms with Gasteiger partial charge in [-0.3, -0.25) is 9.69 Å². The Hall–Kier alpha value is -2.56. The zero-order valence-corrected chi connectivity index (χ0v) is 20.2. The molecule has 0 fully saturated rings. The molecule has 0 aliphatic heterocycles. The summed E-state index contributed by atoms with van der Waals surface area (Å²) in [4.78, 5) is 21.3. The molecule has 3 aromatic rings. The number of anilines is 1. The van der Waals surface area contributed by atoms with E-state index in [0.29, 0.717) is 41.7 Å². The number of hydrogen-bond acceptors (Lipinski definition) is 6. The van der Waals surface area contributed by atoms with E-state index in [0.717, 1.165) is 16.8 Å². The van der Waals surface area contributed by atoms with Crippen LogP contribution in [-0.4, -0.2) is 57.2 Å². The molecular weight excluding hydrogens is 479 g/mol. The van der Waals surface area contributed by atoms with Crippen molar-refractivity contribution in [2.24, 2.45) is 0 Å². The number of carbonyl (C=O) groups is 1. The van der Waals surface area contributed by atoms with Crippen LogP contribution in [0.15, 0.2) is 36.4 Å². The molecule has 33 heavy (non-hydrogen) atoms. The predicted molar refractivity (Wildman–Crippen MR) is 126 cm³/mol. The Morgan fingerprint density at radius 3 is 2.33 bits per heavy atom. The molecule has 0 unspecified atom stereocenters. The van der Waals surface area contributed by atoms with E-state index in [1.807, 2.05) is 19.0 Å². The summed E-state index contributed by atoms with van der Waals surface area (Å²) in [6.45, 7) is 1.01. The first-order valence-corrected chi connectivity index (χ1v) is 10.6. The average molecular weight is 504 g/mol. The van der Waals surface area contributed by atoms with Crippen LogP contribution >= 0.6 is 23.7 Å². The van der Waals surface area contributed by atoms with Crippen LogP contribution in [0.4, 0.5) is 18.3 Å². The minimum absolute atomic E-state index is 0. The Kier molecular flexibility index (Phi) is 8.93. The molecule has 0 aliphatic rings. The highest BCUT2D eigenvalue weighted by molar-refractivity contribution is 7.22. The fraction of sp³-hybridized carbons (Fsp3) is 0.364. The minimum Gasteiger partial charge on any atom is -0.493 e. The van der Waals surface area contributed by atoms with Crippen molar-refractivity contribution >= 4 is 45.0 Å². The number of nitrogens with zero attached hydrogens (tertiary/aromatic N) is 3. The summed E-state index contributed by atoms with van der Waals surface area (Å²) in [5.41, 5.74) is -0.299. The standard InChI is InChI=1S/C22H24F3N3O3S.ClH/c1-27(2)9-6-10-28(20(29)14-7-5-8-15(11-14)22(23,24)25)21-26-16-12-17(30-3)18(31-4)13-19(16)32-21;/h5,7-8,11-13H,6,9-10H2,1-4H3;1H. The molecule has 0 saturated heterocycles. The van der Waals surface area contributed by atoms with Gasteiger partial charge in [0, 0.05) is 24.2 Å². The molecule has 1 aromatic heterocycles. The summed E-state index contributed by atoms with van der Waals surface area (Å²) in [5.74, 6) is 0.492. The third kappa shape index (κ3) is 6.27. The highest BCUT2D eigenvalue weighted by atomic mass is 35.5. The highest BCUT2D eigenvalue weighted by Crippen LogP contribution is 2.38. The fourth-order valence-electron chi connectivity index (χ4n) is 3.17. The Bertz CT molecular complexity index is 1060. The van der Waals surface area contributed by atoms with Crippen molar-refractivity contribution in [2.45, 2.75) is 12.6 Å². The van der Waals surface area contributed by atoms with Crippen LogP contribution in [0.3, 0.4) is 0 Å². The second kappa shape index (κ2) is 11.0. The van der Waals surface area contributed by atoms with E-state index in [1.165, 1.54) is 42.6 Å². The molecule has 0 saturated carbocycles. The van der Waals surface area contributed by atoms with Crippen molar-refractivity contribution in [3.63, 3.8) is 0 Å². The highest BCUT2D eigenvalue weighted by Gasteiger charge is 2.32. The Morgan fingerprint density at radius 1 is 1.06 bits per heavy atom. The zero-order chi connectivity index (χ0) is 23.5. The molecule has 0 atom stereocenters. The van der Waals surface area contributed by atoms with Crippen LogP contribution in [0.25, 0.3) is 10.2 Å². The van der Waals surface area contributed by atoms with E-state index in [2.05, 4.69) is 4.98 Å². The van der Waals surface area contributed by atoms with Gasteiger partial charge in [-0.2, -0.15) is 13.2 Å². The molecule has 1 amide bonds. The molecular formula is C22H25ClF3N3O3S. The van der Waals surface area contributed by atoms with Gasteiger partial charge in [0.15, 0.2) is 16.6 Å². The molecule has 6 nitrogen and oxygen atoms in total. The molecule has 0 bridgehead atoms. The summed E-state index contributed by atoms with van der Waals surface area (Å²) in [6, 6.07) is 7.92. The number of hydrogen-bond donors (Lipinski definition) is 0. The molecule has 2 aromatic carbocycles. The van der Waals surface area contributed by atoms with Gasteiger partial charge >= 0.3 is 6.18 Å². The number of ether oxygens (including phenoxy) is 2.